The van der Waals surface area contributed by atoms with Crippen LogP contribution in [0.4, 0.5) is 4.39 Å². The molecule has 1 aliphatic heterocycles. The summed E-state index contributed by atoms with van der Waals surface area (Å²) in [6.45, 7) is 1.79. The number of ether oxygens (including phenoxy) is 1. The van der Waals surface area contributed by atoms with Crippen molar-refractivity contribution in [2.45, 2.75) is 6.42 Å². The van der Waals surface area contributed by atoms with Gasteiger partial charge in [-0.05, 0) is 29.8 Å². The Balaban J connectivity index is 1.55. The number of halogens is 1. The maximum atomic E-state index is 13.7. The lowest BCUT2D eigenvalue weighted by Crippen LogP contribution is -2.50. The lowest BCUT2D eigenvalue weighted by Gasteiger charge is -2.34. The zero-order valence-corrected chi connectivity index (χ0v) is 13.9. The Hall–Kier alpha value is -2.83. The lowest BCUT2D eigenvalue weighted by molar-refractivity contribution is -0.131. The summed E-state index contributed by atoms with van der Waals surface area (Å²) in [6.07, 6.45) is 1.58. The summed E-state index contributed by atoms with van der Waals surface area (Å²) in [5, 5.41) is 0. The van der Waals surface area contributed by atoms with Crippen molar-refractivity contribution in [1.29, 1.82) is 0 Å². The number of furan rings is 1. The quantitative estimate of drug-likeness (QED) is 0.849. The van der Waals surface area contributed by atoms with E-state index in [0.717, 1.165) is 0 Å². The van der Waals surface area contributed by atoms with Crippen LogP contribution in [-0.4, -0.2) is 54.9 Å². The number of hydrogen-bond donors (Lipinski definition) is 0. The molecule has 1 fully saturated rings. The Kier molecular flexibility index (Phi) is 5.02. The number of nitrogens with zero attached hydrogens (tertiary/aromatic N) is 2. The molecule has 1 saturated heterocycles. The van der Waals surface area contributed by atoms with Gasteiger partial charge in [0, 0.05) is 26.2 Å². The molecule has 6 nitrogen and oxygen atoms in total. The predicted octanol–water partition coefficient (Wildman–Crippen LogP) is 1.95. The number of carbonyl (C=O) groups is 2. The van der Waals surface area contributed by atoms with Gasteiger partial charge in [0.05, 0.1) is 19.8 Å². The van der Waals surface area contributed by atoms with Gasteiger partial charge in [-0.3, -0.25) is 9.59 Å². The summed E-state index contributed by atoms with van der Waals surface area (Å²) in [6, 6.07) is 7.79. The first-order valence-corrected chi connectivity index (χ1v) is 8.01. The summed E-state index contributed by atoms with van der Waals surface area (Å²) in [5.41, 5.74) is 0.595. The van der Waals surface area contributed by atoms with Crippen molar-refractivity contribution < 1.29 is 23.1 Å². The molecule has 2 heterocycles. The first-order chi connectivity index (χ1) is 12.1. The highest BCUT2D eigenvalue weighted by molar-refractivity contribution is 5.91. The Morgan fingerprint density at radius 1 is 1.16 bits per heavy atom. The van der Waals surface area contributed by atoms with Crippen molar-refractivity contribution in [3.8, 4) is 5.75 Å². The third-order valence-corrected chi connectivity index (χ3v) is 4.22. The minimum Gasteiger partial charge on any atom is -0.494 e. The molecule has 1 aromatic heterocycles. The molecule has 0 bridgehead atoms. The highest BCUT2D eigenvalue weighted by atomic mass is 19.1. The van der Waals surface area contributed by atoms with E-state index in [1.807, 2.05) is 0 Å². The Bertz CT molecular complexity index is 752. The topological polar surface area (TPSA) is 63.0 Å². The van der Waals surface area contributed by atoms with E-state index in [0.29, 0.717) is 37.5 Å². The van der Waals surface area contributed by atoms with Crippen LogP contribution in [0.15, 0.2) is 41.0 Å². The molecule has 1 aromatic carbocycles. The minimum absolute atomic E-state index is 0.0883. The van der Waals surface area contributed by atoms with Crippen molar-refractivity contribution in [2.24, 2.45) is 0 Å². The Labute approximate surface area is 144 Å². The van der Waals surface area contributed by atoms with Crippen LogP contribution in [0.2, 0.25) is 0 Å². The van der Waals surface area contributed by atoms with Crippen molar-refractivity contribution in [1.82, 2.24) is 9.80 Å². The highest BCUT2D eigenvalue weighted by Crippen LogP contribution is 2.18. The first-order valence-electron chi connectivity index (χ1n) is 8.01. The van der Waals surface area contributed by atoms with Gasteiger partial charge >= 0.3 is 0 Å². The standard InChI is InChI=1S/C18H19FN2O4/c1-24-15-5-4-13(11-14(15)19)12-17(22)20-6-8-21(9-7-20)18(23)16-3-2-10-25-16/h2-5,10-11H,6-9,12H2,1H3. The first kappa shape index (κ1) is 17.0. The number of carbonyl (C=O) groups excluding carboxylic acids is 2. The van der Waals surface area contributed by atoms with Gasteiger partial charge in [-0.2, -0.15) is 0 Å². The molecule has 0 unspecified atom stereocenters. The second-order valence-corrected chi connectivity index (χ2v) is 5.80. The van der Waals surface area contributed by atoms with E-state index in [9.17, 15) is 14.0 Å². The maximum Gasteiger partial charge on any atom is 0.289 e. The third-order valence-electron chi connectivity index (χ3n) is 4.22. The molecule has 0 N–H and O–H groups in total. The molecule has 0 saturated carbocycles. The van der Waals surface area contributed by atoms with Crippen LogP contribution in [-0.2, 0) is 11.2 Å². The molecule has 1 aliphatic rings. The zero-order valence-electron chi connectivity index (χ0n) is 13.9. The summed E-state index contributed by atoms with van der Waals surface area (Å²) in [4.78, 5) is 27.9. The van der Waals surface area contributed by atoms with Gasteiger partial charge in [0.15, 0.2) is 17.3 Å². The molecule has 0 spiro atoms. The molecule has 25 heavy (non-hydrogen) atoms. The van der Waals surface area contributed by atoms with Crippen molar-refractivity contribution in [2.75, 3.05) is 33.3 Å². The van der Waals surface area contributed by atoms with Crippen LogP contribution >= 0.6 is 0 Å². The van der Waals surface area contributed by atoms with E-state index in [2.05, 4.69) is 0 Å². The van der Waals surface area contributed by atoms with E-state index in [4.69, 9.17) is 9.15 Å². The molecule has 0 radical (unpaired) electrons. The number of piperazine rings is 1. The lowest BCUT2D eigenvalue weighted by atomic mass is 10.1. The van der Waals surface area contributed by atoms with Crippen LogP contribution in [0.5, 0.6) is 5.75 Å². The molecule has 2 amide bonds. The van der Waals surface area contributed by atoms with Crippen LogP contribution in [0.1, 0.15) is 16.1 Å². The van der Waals surface area contributed by atoms with Gasteiger partial charge in [-0.1, -0.05) is 6.07 Å². The monoisotopic (exact) mass is 346 g/mol. The molecule has 2 aromatic rings. The molecular weight excluding hydrogens is 327 g/mol. The van der Waals surface area contributed by atoms with Crippen molar-refractivity contribution in [3.63, 3.8) is 0 Å². The summed E-state index contributed by atoms with van der Waals surface area (Å²) in [7, 11) is 1.40. The molecule has 3 rings (SSSR count). The largest absolute Gasteiger partial charge is 0.494 e. The molecule has 0 atom stereocenters. The fraction of sp³-hybridized carbons (Fsp3) is 0.333. The summed E-state index contributed by atoms with van der Waals surface area (Å²) >= 11 is 0. The number of rotatable bonds is 4. The zero-order chi connectivity index (χ0) is 17.8. The number of methoxy groups -OCH3 is 1. The average Bonchev–Trinajstić information content (AvgIpc) is 3.16. The highest BCUT2D eigenvalue weighted by Gasteiger charge is 2.26. The number of amides is 2. The Morgan fingerprint density at radius 3 is 2.48 bits per heavy atom. The van der Waals surface area contributed by atoms with Gasteiger partial charge in [-0.25, -0.2) is 4.39 Å². The average molecular weight is 346 g/mol. The van der Waals surface area contributed by atoms with Gasteiger partial charge in [0.25, 0.3) is 5.91 Å². The van der Waals surface area contributed by atoms with Crippen LogP contribution < -0.4 is 4.74 Å². The SMILES string of the molecule is COc1ccc(CC(=O)N2CCN(C(=O)c3ccco3)CC2)cc1F. The summed E-state index contributed by atoms with van der Waals surface area (Å²) < 4.78 is 23.7. The molecular formula is C18H19FN2O4. The van der Waals surface area contributed by atoms with E-state index >= 15 is 0 Å². The van der Waals surface area contributed by atoms with E-state index in [-0.39, 0.29) is 24.0 Å². The van der Waals surface area contributed by atoms with Crippen LogP contribution in [0.3, 0.4) is 0 Å². The van der Waals surface area contributed by atoms with Gasteiger partial charge in [0.2, 0.25) is 5.91 Å². The maximum absolute atomic E-state index is 13.7. The normalized spacial score (nSPS) is 14.5. The Morgan fingerprint density at radius 2 is 1.88 bits per heavy atom. The van der Waals surface area contributed by atoms with Gasteiger partial charge < -0.3 is 19.0 Å². The number of benzene rings is 1. The van der Waals surface area contributed by atoms with Crippen LogP contribution in [0.25, 0.3) is 0 Å². The predicted molar refractivity (Wildman–Crippen MR) is 87.8 cm³/mol. The van der Waals surface area contributed by atoms with Crippen LogP contribution in [0, 0.1) is 5.82 Å². The molecule has 132 valence electrons. The molecule has 7 heteroatoms. The summed E-state index contributed by atoms with van der Waals surface area (Å²) in [5.74, 6) is -0.291. The second-order valence-electron chi connectivity index (χ2n) is 5.80. The fourth-order valence-electron chi connectivity index (χ4n) is 2.82. The smallest absolute Gasteiger partial charge is 0.289 e. The van der Waals surface area contributed by atoms with E-state index in [1.165, 1.54) is 25.5 Å². The molecule has 0 aliphatic carbocycles. The van der Waals surface area contributed by atoms with Crippen molar-refractivity contribution >= 4 is 11.8 Å². The second kappa shape index (κ2) is 7.38. The minimum atomic E-state index is -0.485. The van der Waals surface area contributed by atoms with Crippen molar-refractivity contribution in [3.05, 3.63) is 53.7 Å². The van der Waals surface area contributed by atoms with E-state index in [1.54, 1.807) is 28.0 Å². The van der Waals surface area contributed by atoms with Gasteiger partial charge in [-0.15, -0.1) is 0 Å². The van der Waals surface area contributed by atoms with E-state index < -0.39 is 5.82 Å². The van der Waals surface area contributed by atoms with Gasteiger partial charge in [0.1, 0.15) is 0 Å². The fourth-order valence-corrected chi connectivity index (χ4v) is 2.82. The number of hydrogen-bond acceptors (Lipinski definition) is 4. The third kappa shape index (κ3) is 3.81.